The summed E-state index contributed by atoms with van der Waals surface area (Å²) in [6.07, 6.45) is 4.95. The van der Waals surface area contributed by atoms with E-state index in [4.69, 9.17) is 27.9 Å². The third kappa shape index (κ3) is 4.51. The van der Waals surface area contributed by atoms with Crippen LogP contribution in [0.15, 0.2) is 95.1 Å². The highest BCUT2D eigenvalue weighted by atomic mass is 79.9. The van der Waals surface area contributed by atoms with Gasteiger partial charge in [-0.25, -0.2) is 4.90 Å². The maximum absolute atomic E-state index is 14.1. The molecular formula is C31H21BrCl2N2O5. The number of Topliss-reactive ketones (excluding diaryl/α,β-unsaturated/α-hetero) is 2. The van der Waals surface area contributed by atoms with Gasteiger partial charge < -0.3 is 9.64 Å². The highest BCUT2D eigenvalue weighted by Gasteiger charge is 2.63. The normalized spacial score (nSPS) is 22.9. The number of hydrogen-bond donors (Lipinski definition) is 0. The summed E-state index contributed by atoms with van der Waals surface area (Å²) in [4.78, 5) is 58.2. The number of ether oxygens (including phenoxy) is 1. The predicted molar refractivity (Wildman–Crippen MR) is 158 cm³/mol. The Balaban J connectivity index is 1.45. The van der Waals surface area contributed by atoms with Crippen LogP contribution in [0.3, 0.4) is 0 Å². The van der Waals surface area contributed by atoms with Gasteiger partial charge in [-0.3, -0.25) is 19.2 Å². The molecule has 0 unspecified atom stereocenters. The Kier molecular flexibility index (Phi) is 7.09. The van der Waals surface area contributed by atoms with Crippen molar-refractivity contribution in [2.75, 3.05) is 12.0 Å². The second-order valence-corrected chi connectivity index (χ2v) is 11.6. The van der Waals surface area contributed by atoms with Crippen molar-refractivity contribution in [1.29, 1.82) is 0 Å². The van der Waals surface area contributed by atoms with Crippen LogP contribution in [0.1, 0.15) is 20.7 Å². The second kappa shape index (κ2) is 10.6. The SMILES string of the molecule is COc1ccc(C(=O)[C@H]2[C@H]3C(=O)N(c4ccc(Cl)cc4Cl)C(=O)[C@@H]3[C@H]3C=C(C(=O)c4ccccc4)C=CN32)cc1Br. The first-order valence-electron chi connectivity index (χ1n) is 12.7. The fraction of sp³-hybridized carbons (Fsp3) is 0.161. The number of carbonyl (C=O) groups excluding carboxylic acids is 4. The standard InChI is InChI=1S/C31H21BrCl2N2O5/c1-41-24-10-7-17(13-20(24)32)29(38)27-26-25(30(39)36(31(26)40)22-9-8-19(33)15-21(22)34)23-14-18(11-12-35(23)27)28(37)16-5-3-2-4-6-16/h2-15,23,25-27H,1H3/t23-,25-,26+,27-/m1/s1. The molecule has 0 saturated carbocycles. The zero-order valence-corrected chi connectivity index (χ0v) is 24.6. The van der Waals surface area contributed by atoms with Crippen LogP contribution in [0.4, 0.5) is 5.69 Å². The van der Waals surface area contributed by atoms with E-state index in [1.807, 2.05) is 6.07 Å². The quantitative estimate of drug-likeness (QED) is 0.235. The first-order valence-corrected chi connectivity index (χ1v) is 14.2. The van der Waals surface area contributed by atoms with Gasteiger partial charge in [0.1, 0.15) is 11.8 Å². The van der Waals surface area contributed by atoms with E-state index in [0.717, 1.165) is 4.90 Å². The van der Waals surface area contributed by atoms with E-state index in [1.165, 1.54) is 19.2 Å². The number of fused-ring (bicyclic) bond motifs is 3. The second-order valence-electron chi connectivity index (χ2n) is 9.89. The maximum atomic E-state index is 14.1. The van der Waals surface area contributed by atoms with Crippen molar-refractivity contribution >= 4 is 68.2 Å². The Hall–Kier alpha value is -3.72. The molecule has 7 nitrogen and oxygen atoms in total. The van der Waals surface area contributed by atoms with Gasteiger partial charge >= 0.3 is 0 Å². The van der Waals surface area contributed by atoms with E-state index in [-0.39, 0.29) is 22.3 Å². The minimum Gasteiger partial charge on any atom is -0.496 e. The average molecular weight is 652 g/mol. The molecule has 3 aliphatic heterocycles. The molecule has 3 aliphatic rings. The van der Waals surface area contributed by atoms with E-state index in [1.54, 1.807) is 71.8 Å². The Morgan fingerprint density at radius 3 is 2.32 bits per heavy atom. The number of ketones is 2. The summed E-state index contributed by atoms with van der Waals surface area (Å²) >= 11 is 15.9. The van der Waals surface area contributed by atoms with Gasteiger partial charge in [0.05, 0.1) is 40.2 Å². The van der Waals surface area contributed by atoms with Crippen molar-refractivity contribution < 1.29 is 23.9 Å². The van der Waals surface area contributed by atoms with E-state index in [0.29, 0.717) is 31.9 Å². The summed E-state index contributed by atoms with van der Waals surface area (Å²) in [5.41, 5.74) is 1.40. The molecule has 0 radical (unpaired) electrons. The molecule has 2 amide bonds. The largest absolute Gasteiger partial charge is 0.496 e. The van der Waals surface area contributed by atoms with Gasteiger partial charge in [0.2, 0.25) is 11.8 Å². The van der Waals surface area contributed by atoms with Gasteiger partial charge in [-0.2, -0.15) is 0 Å². The van der Waals surface area contributed by atoms with E-state index < -0.39 is 35.7 Å². The summed E-state index contributed by atoms with van der Waals surface area (Å²) in [7, 11) is 1.52. The van der Waals surface area contributed by atoms with Gasteiger partial charge in [-0.1, -0.05) is 59.6 Å². The van der Waals surface area contributed by atoms with Crippen LogP contribution < -0.4 is 9.64 Å². The first-order chi connectivity index (χ1) is 19.7. The van der Waals surface area contributed by atoms with Crippen LogP contribution in [0.2, 0.25) is 10.0 Å². The van der Waals surface area contributed by atoms with Gasteiger partial charge in [-0.15, -0.1) is 0 Å². The van der Waals surface area contributed by atoms with Gasteiger partial charge in [-0.05, 0) is 58.4 Å². The fourth-order valence-corrected chi connectivity index (χ4v) is 6.88. The molecule has 3 aromatic carbocycles. The number of carbonyl (C=O) groups is 4. The molecule has 206 valence electrons. The number of benzene rings is 3. The number of hydrogen-bond acceptors (Lipinski definition) is 6. The Morgan fingerprint density at radius 1 is 0.902 bits per heavy atom. The number of amides is 2. The van der Waals surface area contributed by atoms with Crippen LogP contribution in [-0.2, 0) is 9.59 Å². The molecule has 3 heterocycles. The average Bonchev–Trinajstić information content (AvgIpc) is 3.44. The molecule has 2 saturated heterocycles. The third-order valence-corrected chi connectivity index (χ3v) is 8.86. The molecule has 0 spiro atoms. The van der Waals surface area contributed by atoms with Gasteiger partial charge in [0.25, 0.3) is 0 Å². The minimum atomic E-state index is -1.01. The molecule has 2 fully saturated rings. The Bertz CT molecular complexity index is 1690. The van der Waals surface area contributed by atoms with E-state index in [9.17, 15) is 19.2 Å². The lowest BCUT2D eigenvalue weighted by Gasteiger charge is -2.33. The van der Waals surface area contributed by atoms with Gasteiger partial charge in [0, 0.05) is 27.9 Å². The summed E-state index contributed by atoms with van der Waals surface area (Å²) in [5.74, 6) is -2.99. The minimum absolute atomic E-state index is 0.136. The number of nitrogens with zero attached hydrogens (tertiary/aromatic N) is 2. The van der Waals surface area contributed by atoms with Crippen molar-refractivity contribution in [2.24, 2.45) is 11.8 Å². The topological polar surface area (TPSA) is 84.0 Å². The molecule has 0 aromatic heterocycles. The highest BCUT2D eigenvalue weighted by molar-refractivity contribution is 9.10. The van der Waals surface area contributed by atoms with Crippen molar-refractivity contribution in [3.63, 3.8) is 0 Å². The Morgan fingerprint density at radius 2 is 1.63 bits per heavy atom. The summed E-state index contributed by atoms with van der Waals surface area (Å²) in [6, 6.07) is 16.5. The molecular weight excluding hydrogens is 631 g/mol. The number of methoxy groups -OCH3 is 1. The summed E-state index contributed by atoms with van der Waals surface area (Å²) in [6.45, 7) is 0. The molecule has 4 atom stereocenters. The zero-order chi connectivity index (χ0) is 29.0. The maximum Gasteiger partial charge on any atom is 0.240 e. The molecule has 10 heteroatoms. The van der Waals surface area contributed by atoms with Crippen molar-refractivity contribution in [3.8, 4) is 5.75 Å². The molecule has 0 N–H and O–H groups in total. The highest BCUT2D eigenvalue weighted by Crippen LogP contribution is 2.48. The molecule has 0 bridgehead atoms. The summed E-state index contributed by atoms with van der Waals surface area (Å²) in [5, 5.41) is 0.490. The van der Waals surface area contributed by atoms with Crippen molar-refractivity contribution in [3.05, 3.63) is 116 Å². The smallest absolute Gasteiger partial charge is 0.240 e. The van der Waals surface area contributed by atoms with Crippen molar-refractivity contribution in [1.82, 2.24) is 4.90 Å². The molecule has 0 aliphatic carbocycles. The summed E-state index contributed by atoms with van der Waals surface area (Å²) < 4.78 is 5.87. The van der Waals surface area contributed by atoms with E-state index in [2.05, 4.69) is 15.9 Å². The molecule has 6 rings (SSSR count). The number of anilines is 1. The Labute approximate surface area is 254 Å². The fourth-order valence-electron chi connectivity index (χ4n) is 5.84. The van der Waals surface area contributed by atoms with Crippen LogP contribution in [-0.4, -0.2) is 47.5 Å². The van der Waals surface area contributed by atoms with Crippen LogP contribution in [0.25, 0.3) is 0 Å². The van der Waals surface area contributed by atoms with Crippen LogP contribution >= 0.6 is 39.1 Å². The number of halogens is 3. The number of allylic oxidation sites excluding steroid dienone is 2. The number of imide groups is 1. The monoisotopic (exact) mass is 650 g/mol. The lowest BCUT2D eigenvalue weighted by molar-refractivity contribution is -0.123. The molecule has 3 aromatic rings. The van der Waals surface area contributed by atoms with E-state index >= 15 is 0 Å². The lowest BCUT2D eigenvalue weighted by atomic mass is 9.85. The molecule has 41 heavy (non-hydrogen) atoms. The van der Waals surface area contributed by atoms with Crippen LogP contribution in [0, 0.1) is 11.8 Å². The lowest BCUT2D eigenvalue weighted by Crippen LogP contribution is -2.46. The number of rotatable bonds is 6. The van der Waals surface area contributed by atoms with Crippen LogP contribution in [0.5, 0.6) is 5.75 Å². The first kappa shape index (κ1) is 27.4. The predicted octanol–water partition coefficient (Wildman–Crippen LogP) is 6.14. The van der Waals surface area contributed by atoms with Gasteiger partial charge in [0.15, 0.2) is 11.6 Å². The van der Waals surface area contributed by atoms with Crippen molar-refractivity contribution in [2.45, 2.75) is 12.1 Å². The zero-order valence-electron chi connectivity index (χ0n) is 21.5. The third-order valence-electron chi connectivity index (χ3n) is 7.70.